The Bertz CT molecular complexity index is 635. The van der Waals surface area contributed by atoms with E-state index in [-0.39, 0.29) is 10.7 Å². The van der Waals surface area contributed by atoms with E-state index in [9.17, 15) is 8.42 Å². The highest BCUT2D eigenvalue weighted by molar-refractivity contribution is 7.89. The Kier molecular flexibility index (Phi) is 3.71. The first-order valence-corrected chi connectivity index (χ1v) is 8.89. The van der Waals surface area contributed by atoms with Crippen molar-refractivity contribution in [1.29, 1.82) is 0 Å². The van der Waals surface area contributed by atoms with Crippen molar-refractivity contribution in [3.05, 3.63) is 5.69 Å². The number of likely N-dealkylation sites (tertiary alicyclic amines) is 1. The minimum Gasteiger partial charge on any atom is -0.381 e. The van der Waals surface area contributed by atoms with E-state index in [1.165, 1.54) is 17.5 Å². The van der Waals surface area contributed by atoms with Crippen LogP contribution >= 0.6 is 0 Å². The quantitative estimate of drug-likeness (QED) is 0.802. The van der Waals surface area contributed by atoms with Gasteiger partial charge in [0, 0.05) is 26.2 Å². The Morgan fingerprint density at radius 1 is 1.38 bits per heavy atom. The molecule has 1 saturated heterocycles. The number of hydrogen-bond acceptors (Lipinski definition) is 5. The van der Waals surface area contributed by atoms with Gasteiger partial charge in [0.05, 0.1) is 5.69 Å². The van der Waals surface area contributed by atoms with Crippen molar-refractivity contribution in [1.82, 2.24) is 19.4 Å². The molecule has 1 saturated carbocycles. The number of hydrogen-bond donors (Lipinski definition) is 2. The zero-order valence-corrected chi connectivity index (χ0v) is 13.4. The van der Waals surface area contributed by atoms with E-state index >= 15 is 0 Å². The molecule has 0 aromatic carbocycles. The number of sulfonamides is 1. The van der Waals surface area contributed by atoms with Crippen molar-refractivity contribution in [2.24, 2.45) is 13.0 Å². The summed E-state index contributed by atoms with van der Waals surface area (Å²) in [6.45, 7) is 4.27. The summed E-state index contributed by atoms with van der Waals surface area (Å²) in [5, 5.41) is 3.97. The van der Waals surface area contributed by atoms with Crippen LogP contribution in [0.4, 0.5) is 5.82 Å². The molecule has 1 aliphatic heterocycles. The van der Waals surface area contributed by atoms with Gasteiger partial charge in [-0.05, 0) is 38.6 Å². The second-order valence-corrected chi connectivity index (χ2v) is 7.86. The van der Waals surface area contributed by atoms with E-state index in [0.717, 1.165) is 25.6 Å². The average Bonchev–Trinajstić information content (AvgIpc) is 3.08. The lowest BCUT2D eigenvalue weighted by atomic mass is 10.1. The molecule has 1 atom stereocenters. The smallest absolute Gasteiger partial charge is 0.246 e. The SMILES string of the molecule is Cc1c(S(=O)(=O)NCC2CCN(C3CC3)C2)c(N)nn1C. The third-order valence-corrected chi connectivity index (χ3v) is 6.10. The molecule has 7 nitrogen and oxygen atoms in total. The molecule has 21 heavy (non-hydrogen) atoms. The Labute approximate surface area is 125 Å². The van der Waals surface area contributed by atoms with Gasteiger partial charge < -0.3 is 10.6 Å². The maximum Gasteiger partial charge on any atom is 0.246 e. The van der Waals surface area contributed by atoms with Gasteiger partial charge in [0.2, 0.25) is 10.0 Å². The summed E-state index contributed by atoms with van der Waals surface area (Å²) < 4.78 is 29.0. The van der Waals surface area contributed by atoms with Crippen molar-refractivity contribution in [3.63, 3.8) is 0 Å². The second-order valence-electron chi connectivity index (χ2n) is 6.16. The highest BCUT2D eigenvalue weighted by Gasteiger charge is 2.35. The third kappa shape index (κ3) is 2.93. The van der Waals surface area contributed by atoms with Crippen molar-refractivity contribution in [2.45, 2.75) is 37.1 Å². The number of aromatic nitrogens is 2. The molecule has 0 bridgehead atoms. The van der Waals surface area contributed by atoms with E-state index in [0.29, 0.717) is 18.2 Å². The molecule has 2 aliphatic rings. The van der Waals surface area contributed by atoms with Crippen molar-refractivity contribution < 1.29 is 8.42 Å². The molecule has 1 unspecified atom stereocenters. The van der Waals surface area contributed by atoms with Gasteiger partial charge in [-0.3, -0.25) is 4.68 Å². The fourth-order valence-electron chi connectivity index (χ4n) is 3.05. The first kappa shape index (κ1) is 14.8. The third-order valence-electron chi connectivity index (χ3n) is 4.52. The van der Waals surface area contributed by atoms with Gasteiger partial charge >= 0.3 is 0 Å². The van der Waals surface area contributed by atoms with Gasteiger partial charge in [-0.1, -0.05) is 0 Å². The maximum absolute atomic E-state index is 12.4. The molecule has 2 fully saturated rings. The Balaban J connectivity index is 1.64. The molecule has 1 aliphatic carbocycles. The largest absolute Gasteiger partial charge is 0.381 e. The minimum absolute atomic E-state index is 0.0635. The summed E-state index contributed by atoms with van der Waals surface area (Å²) in [4.78, 5) is 2.59. The molecule has 118 valence electrons. The van der Waals surface area contributed by atoms with Gasteiger partial charge in [0.25, 0.3) is 0 Å². The minimum atomic E-state index is -3.59. The number of rotatable bonds is 5. The first-order valence-electron chi connectivity index (χ1n) is 7.41. The number of aryl methyl sites for hydroxylation is 1. The standard InChI is InChI=1S/C13H23N5O2S/c1-9-12(13(14)16-17(9)2)21(19,20)15-7-10-5-6-18(8-10)11-3-4-11/h10-11,15H,3-8H2,1-2H3,(H2,14,16). The van der Waals surface area contributed by atoms with E-state index in [1.54, 1.807) is 14.0 Å². The average molecular weight is 313 g/mol. The van der Waals surface area contributed by atoms with E-state index in [2.05, 4.69) is 14.7 Å². The summed E-state index contributed by atoms with van der Waals surface area (Å²) >= 11 is 0. The van der Waals surface area contributed by atoms with Crippen LogP contribution in [-0.4, -0.2) is 48.8 Å². The monoisotopic (exact) mass is 313 g/mol. The van der Waals surface area contributed by atoms with Gasteiger partial charge in [-0.25, -0.2) is 13.1 Å². The second kappa shape index (κ2) is 5.26. The first-order chi connectivity index (χ1) is 9.88. The summed E-state index contributed by atoms with van der Waals surface area (Å²) in [6.07, 6.45) is 3.65. The highest BCUT2D eigenvalue weighted by Crippen LogP contribution is 2.31. The number of nitrogen functional groups attached to an aromatic ring is 1. The van der Waals surface area contributed by atoms with Crippen LogP contribution in [0.25, 0.3) is 0 Å². The Morgan fingerprint density at radius 3 is 2.67 bits per heavy atom. The topological polar surface area (TPSA) is 93.2 Å². The molecule has 0 amide bonds. The number of nitrogens with two attached hydrogens (primary N) is 1. The van der Waals surface area contributed by atoms with E-state index in [4.69, 9.17) is 5.73 Å². The summed E-state index contributed by atoms with van der Waals surface area (Å²) in [5.74, 6) is 0.451. The zero-order chi connectivity index (χ0) is 15.2. The van der Waals surface area contributed by atoms with Gasteiger partial charge in [0.1, 0.15) is 4.90 Å². The van der Waals surface area contributed by atoms with Crippen LogP contribution in [0, 0.1) is 12.8 Å². The molecule has 3 rings (SSSR count). The van der Waals surface area contributed by atoms with Crippen LogP contribution in [0.1, 0.15) is 25.0 Å². The van der Waals surface area contributed by atoms with Gasteiger partial charge in [-0.15, -0.1) is 0 Å². The lowest BCUT2D eigenvalue weighted by Crippen LogP contribution is -2.32. The fourth-order valence-corrected chi connectivity index (χ4v) is 4.48. The van der Waals surface area contributed by atoms with Crippen LogP contribution in [0.5, 0.6) is 0 Å². The van der Waals surface area contributed by atoms with E-state index < -0.39 is 10.0 Å². The predicted molar refractivity (Wildman–Crippen MR) is 80.2 cm³/mol. The molecule has 1 aromatic heterocycles. The normalized spacial score (nSPS) is 23.8. The summed E-state index contributed by atoms with van der Waals surface area (Å²) in [7, 11) is -1.90. The fraction of sp³-hybridized carbons (Fsp3) is 0.769. The molecular formula is C13H23N5O2S. The van der Waals surface area contributed by atoms with Crippen molar-refractivity contribution in [2.75, 3.05) is 25.4 Å². The predicted octanol–water partition coefficient (Wildman–Crippen LogP) is 0.0733. The van der Waals surface area contributed by atoms with Crippen molar-refractivity contribution in [3.8, 4) is 0 Å². The van der Waals surface area contributed by atoms with Gasteiger partial charge in [-0.2, -0.15) is 5.10 Å². The van der Waals surface area contributed by atoms with Crippen LogP contribution in [0.2, 0.25) is 0 Å². The number of anilines is 1. The van der Waals surface area contributed by atoms with Crippen molar-refractivity contribution >= 4 is 15.8 Å². The van der Waals surface area contributed by atoms with Gasteiger partial charge in [0.15, 0.2) is 5.82 Å². The Morgan fingerprint density at radius 2 is 2.10 bits per heavy atom. The van der Waals surface area contributed by atoms with Crippen LogP contribution < -0.4 is 10.5 Å². The molecule has 2 heterocycles. The zero-order valence-electron chi connectivity index (χ0n) is 12.5. The molecule has 8 heteroatoms. The number of nitrogens with zero attached hydrogens (tertiary/aromatic N) is 3. The molecule has 0 radical (unpaired) electrons. The number of nitrogens with one attached hydrogen (secondary N) is 1. The molecule has 0 spiro atoms. The lowest BCUT2D eigenvalue weighted by Gasteiger charge is -2.15. The van der Waals surface area contributed by atoms with Crippen LogP contribution in [0.15, 0.2) is 4.90 Å². The van der Waals surface area contributed by atoms with E-state index in [1.807, 2.05) is 0 Å². The maximum atomic E-state index is 12.4. The molecule has 1 aromatic rings. The summed E-state index contributed by atoms with van der Waals surface area (Å²) in [5.41, 5.74) is 6.28. The summed E-state index contributed by atoms with van der Waals surface area (Å²) in [6, 6.07) is 0.753. The Hall–Kier alpha value is -1.12. The molecule has 3 N–H and O–H groups in total. The molecular weight excluding hydrogens is 290 g/mol. The van der Waals surface area contributed by atoms with Crippen LogP contribution in [0.3, 0.4) is 0 Å². The highest BCUT2D eigenvalue weighted by atomic mass is 32.2. The lowest BCUT2D eigenvalue weighted by molar-refractivity contribution is 0.314. The van der Waals surface area contributed by atoms with Crippen LogP contribution in [-0.2, 0) is 17.1 Å².